The maximum absolute atomic E-state index is 11.1. The Kier molecular flexibility index (Phi) is 3.58. The number of carbonyl (C=O) groups excluding carboxylic acids is 1. The summed E-state index contributed by atoms with van der Waals surface area (Å²) in [6.45, 7) is 0. The summed E-state index contributed by atoms with van der Waals surface area (Å²) in [5.41, 5.74) is 1.23. The Morgan fingerprint density at radius 3 is 2.69 bits per heavy atom. The summed E-state index contributed by atoms with van der Waals surface area (Å²) in [6, 6.07) is 4.89. The summed E-state index contributed by atoms with van der Waals surface area (Å²) in [4.78, 5) is 11.1. The number of rotatable bonds is 2. The van der Waals surface area contributed by atoms with Crippen molar-refractivity contribution in [3.8, 4) is 0 Å². The zero-order valence-electron chi connectivity index (χ0n) is 7.01. The Morgan fingerprint density at radius 2 is 2.23 bits per heavy atom. The van der Waals surface area contributed by atoms with E-state index in [1.165, 1.54) is 7.11 Å². The van der Waals surface area contributed by atoms with Crippen LogP contribution in [0.2, 0.25) is 5.02 Å². The van der Waals surface area contributed by atoms with Crippen LogP contribution < -0.4 is 0 Å². The Hall–Kier alpha value is -0.730. The lowest BCUT2D eigenvalue weighted by Crippen LogP contribution is -2.01. The molecule has 0 atom stereocenters. The molecule has 0 aliphatic heterocycles. The van der Waals surface area contributed by atoms with Crippen molar-refractivity contribution in [2.75, 3.05) is 7.11 Å². The van der Waals surface area contributed by atoms with Gasteiger partial charge in [0.1, 0.15) is 0 Å². The molecule has 0 heterocycles. The molecule has 0 spiro atoms. The Balaban J connectivity index is 3.02. The molecule has 2 nitrogen and oxygen atoms in total. The van der Waals surface area contributed by atoms with E-state index in [4.69, 9.17) is 23.2 Å². The quantitative estimate of drug-likeness (QED) is 0.564. The van der Waals surface area contributed by atoms with Crippen molar-refractivity contribution in [3.63, 3.8) is 0 Å². The van der Waals surface area contributed by atoms with Crippen LogP contribution >= 0.6 is 23.2 Å². The molecule has 70 valence electrons. The number of esters is 1. The molecule has 13 heavy (non-hydrogen) atoms. The van der Waals surface area contributed by atoms with Crippen LogP contribution in [0.3, 0.4) is 0 Å². The number of methoxy groups -OCH3 is 1. The summed E-state index contributed by atoms with van der Waals surface area (Å²) in [6.07, 6.45) is 0. The lowest BCUT2D eigenvalue weighted by Gasteiger charge is -2.02. The highest BCUT2D eigenvalue weighted by molar-refractivity contribution is 6.32. The van der Waals surface area contributed by atoms with Gasteiger partial charge in [0.05, 0.1) is 12.7 Å². The molecule has 1 aromatic rings. The zero-order valence-corrected chi connectivity index (χ0v) is 8.52. The lowest BCUT2D eigenvalue weighted by molar-refractivity contribution is 0.0601. The first-order valence-corrected chi connectivity index (χ1v) is 4.53. The Morgan fingerprint density at radius 1 is 1.54 bits per heavy atom. The second-order valence-corrected chi connectivity index (χ2v) is 3.11. The minimum absolute atomic E-state index is 0.334. The van der Waals surface area contributed by atoms with E-state index in [2.05, 4.69) is 4.74 Å². The van der Waals surface area contributed by atoms with E-state index < -0.39 is 5.97 Å². The minimum atomic E-state index is -0.400. The van der Waals surface area contributed by atoms with Crippen LogP contribution in [-0.2, 0) is 10.6 Å². The van der Waals surface area contributed by atoms with E-state index in [1.54, 1.807) is 18.2 Å². The Bertz CT molecular complexity index is 323. The van der Waals surface area contributed by atoms with Crippen LogP contribution in [0.5, 0.6) is 0 Å². The third kappa shape index (κ3) is 2.36. The van der Waals surface area contributed by atoms with Crippen molar-refractivity contribution in [2.45, 2.75) is 5.88 Å². The number of ether oxygens (including phenoxy) is 1. The smallest absolute Gasteiger partial charge is 0.337 e. The average Bonchev–Trinajstić information content (AvgIpc) is 2.16. The number of benzene rings is 1. The zero-order chi connectivity index (χ0) is 9.84. The van der Waals surface area contributed by atoms with Gasteiger partial charge in [0, 0.05) is 10.9 Å². The van der Waals surface area contributed by atoms with Gasteiger partial charge in [-0.1, -0.05) is 17.7 Å². The summed E-state index contributed by atoms with van der Waals surface area (Å²) < 4.78 is 4.53. The highest BCUT2D eigenvalue weighted by Crippen LogP contribution is 2.19. The molecule has 0 aromatic heterocycles. The molecule has 0 N–H and O–H groups in total. The summed E-state index contributed by atoms with van der Waals surface area (Å²) in [7, 11) is 1.33. The van der Waals surface area contributed by atoms with Crippen molar-refractivity contribution < 1.29 is 9.53 Å². The van der Waals surface area contributed by atoms with Crippen molar-refractivity contribution >= 4 is 29.2 Å². The summed E-state index contributed by atoms with van der Waals surface area (Å²) in [5, 5.41) is 0.484. The number of hydrogen-bond donors (Lipinski definition) is 0. The number of halogens is 2. The Labute approximate surface area is 86.4 Å². The molecule has 0 saturated heterocycles. The molecule has 0 bridgehead atoms. The molecule has 4 heteroatoms. The van der Waals surface area contributed by atoms with Crippen molar-refractivity contribution in [1.82, 2.24) is 0 Å². The molecule has 1 rings (SSSR count). The lowest BCUT2D eigenvalue weighted by atomic mass is 10.1. The molecular formula is C9H8Cl2O2. The van der Waals surface area contributed by atoms with E-state index in [1.807, 2.05) is 0 Å². The fraction of sp³-hybridized carbons (Fsp3) is 0.222. The highest BCUT2D eigenvalue weighted by Gasteiger charge is 2.07. The largest absolute Gasteiger partial charge is 0.465 e. The predicted molar refractivity (Wildman–Crippen MR) is 52.3 cm³/mol. The monoisotopic (exact) mass is 218 g/mol. The number of carbonyl (C=O) groups is 1. The van der Waals surface area contributed by atoms with E-state index in [9.17, 15) is 4.79 Å². The van der Waals surface area contributed by atoms with Crippen molar-refractivity contribution in [2.24, 2.45) is 0 Å². The number of alkyl halides is 1. The predicted octanol–water partition coefficient (Wildman–Crippen LogP) is 2.87. The van der Waals surface area contributed by atoms with Crippen LogP contribution in [0.15, 0.2) is 18.2 Å². The van der Waals surface area contributed by atoms with Gasteiger partial charge < -0.3 is 4.74 Å². The van der Waals surface area contributed by atoms with Gasteiger partial charge in [-0.05, 0) is 17.7 Å². The first-order chi connectivity index (χ1) is 6.19. The van der Waals surface area contributed by atoms with Gasteiger partial charge in [0.15, 0.2) is 0 Å². The normalized spacial score (nSPS) is 9.77. The van der Waals surface area contributed by atoms with Gasteiger partial charge in [-0.2, -0.15) is 0 Å². The molecule has 0 fully saturated rings. The van der Waals surface area contributed by atoms with Gasteiger partial charge in [0.2, 0.25) is 0 Å². The van der Waals surface area contributed by atoms with Crippen LogP contribution in [0, 0.1) is 0 Å². The van der Waals surface area contributed by atoms with Crippen molar-refractivity contribution in [3.05, 3.63) is 34.3 Å². The van der Waals surface area contributed by atoms with Gasteiger partial charge in [-0.25, -0.2) is 4.79 Å². The minimum Gasteiger partial charge on any atom is -0.465 e. The van der Waals surface area contributed by atoms with Crippen LogP contribution in [0.4, 0.5) is 0 Å². The standard InChI is InChI=1S/C9H8Cl2O2/c1-13-9(12)6-2-3-7(5-10)8(11)4-6/h2-4H,5H2,1H3. The molecule has 0 amide bonds. The molecule has 1 aromatic carbocycles. The fourth-order valence-corrected chi connectivity index (χ4v) is 1.45. The number of hydrogen-bond acceptors (Lipinski definition) is 2. The maximum atomic E-state index is 11.1. The van der Waals surface area contributed by atoms with E-state index in [0.29, 0.717) is 16.5 Å². The van der Waals surface area contributed by atoms with Crippen LogP contribution in [-0.4, -0.2) is 13.1 Å². The molecule has 0 saturated carbocycles. The topological polar surface area (TPSA) is 26.3 Å². The van der Waals surface area contributed by atoms with Crippen LogP contribution in [0.25, 0.3) is 0 Å². The molecule has 0 aliphatic rings. The molecular weight excluding hydrogens is 211 g/mol. The van der Waals surface area contributed by atoms with Gasteiger partial charge >= 0.3 is 5.97 Å². The maximum Gasteiger partial charge on any atom is 0.337 e. The van der Waals surface area contributed by atoms with Crippen molar-refractivity contribution in [1.29, 1.82) is 0 Å². The SMILES string of the molecule is COC(=O)c1ccc(CCl)c(Cl)c1. The average molecular weight is 219 g/mol. The highest BCUT2D eigenvalue weighted by atomic mass is 35.5. The third-order valence-electron chi connectivity index (χ3n) is 1.62. The van der Waals surface area contributed by atoms with E-state index in [-0.39, 0.29) is 0 Å². The first kappa shape index (κ1) is 10.4. The second kappa shape index (κ2) is 4.49. The molecule has 0 unspecified atom stereocenters. The van der Waals surface area contributed by atoms with Gasteiger partial charge in [-0.3, -0.25) is 0 Å². The van der Waals surface area contributed by atoms with Crippen LogP contribution in [0.1, 0.15) is 15.9 Å². The second-order valence-electron chi connectivity index (χ2n) is 2.43. The summed E-state index contributed by atoms with van der Waals surface area (Å²) in [5.74, 6) is -0.0664. The molecule has 0 radical (unpaired) electrons. The summed E-state index contributed by atoms with van der Waals surface area (Å²) >= 11 is 11.4. The molecule has 0 aliphatic carbocycles. The van der Waals surface area contributed by atoms with E-state index >= 15 is 0 Å². The third-order valence-corrected chi connectivity index (χ3v) is 2.26. The fourth-order valence-electron chi connectivity index (χ4n) is 0.901. The van der Waals surface area contributed by atoms with Gasteiger partial charge in [0.25, 0.3) is 0 Å². The van der Waals surface area contributed by atoms with E-state index in [0.717, 1.165) is 5.56 Å². The van der Waals surface area contributed by atoms with Gasteiger partial charge in [-0.15, -0.1) is 11.6 Å². The first-order valence-electron chi connectivity index (χ1n) is 3.61.